The highest BCUT2D eigenvalue weighted by Gasteiger charge is 2.30. The van der Waals surface area contributed by atoms with E-state index in [-0.39, 0.29) is 36.2 Å². The first-order chi connectivity index (χ1) is 15.4. The Bertz CT molecular complexity index is 1220. The van der Waals surface area contributed by atoms with Crippen molar-refractivity contribution >= 4 is 11.8 Å². The minimum absolute atomic E-state index is 0.117. The fourth-order valence-electron chi connectivity index (χ4n) is 3.91. The Kier molecular flexibility index (Phi) is 4.90. The number of amides is 2. The van der Waals surface area contributed by atoms with Crippen LogP contribution in [0.4, 0.5) is 8.78 Å². The van der Waals surface area contributed by atoms with Gasteiger partial charge in [-0.3, -0.25) is 9.59 Å². The van der Waals surface area contributed by atoms with Crippen LogP contribution in [0.5, 0.6) is 0 Å². The van der Waals surface area contributed by atoms with Crippen molar-refractivity contribution in [1.29, 1.82) is 0 Å². The van der Waals surface area contributed by atoms with Gasteiger partial charge in [-0.1, -0.05) is 18.2 Å². The van der Waals surface area contributed by atoms with Crippen molar-refractivity contribution < 1.29 is 23.5 Å². The number of aliphatic hydroxyl groups is 1. The van der Waals surface area contributed by atoms with Crippen LogP contribution in [0.1, 0.15) is 37.7 Å². The topological polar surface area (TPSA) is 95.4 Å². The molecule has 3 aromatic rings. The summed E-state index contributed by atoms with van der Waals surface area (Å²) in [7, 11) is 0. The lowest BCUT2D eigenvalue weighted by Gasteiger charge is -2.35. The number of aliphatic hydroxyl groups excluding tert-OH is 1. The van der Waals surface area contributed by atoms with Gasteiger partial charge in [0.05, 0.1) is 35.2 Å². The summed E-state index contributed by atoms with van der Waals surface area (Å²) in [5.41, 5.74) is 1.97. The minimum atomic E-state index is -0.785. The van der Waals surface area contributed by atoms with E-state index in [9.17, 15) is 23.5 Å². The van der Waals surface area contributed by atoms with Gasteiger partial charge in [-0.2, -0.15) is 0 Å². The van der Waals surface area contributed by atoms with Crippen LogP contribution in [-0.2, 0) is 13.0 Å². The predicted octanol–water partition coefficient (Wildman–Crippen LogP) is 2.07. The van der Waals surface area contributed by atoms with Gasteiger partial charge >= 0.3 is 0 Å². The molecule has 1 fully saturated rings. The quantitative estimate of drug-likeness (QED) is 0.653. The first kappa shape index (κ1) is 20.2. The number of hydrogen-bond acceptors (Lipinski definition) is 5. The van der Waals surface area contributed by atoms with Crippen molar-refractivity contribution in [2.75, 3.05) is 13.1 Å². The van der Waals surface area contributed by atoms with Gasteiger partial charge in [0.25, 0.3) is 11.8 Å². The normalized spacial score (nSPS) is 15.3. The van der Waals surface area contributed by atoms with E-state index in [1.165, 1.54) is 6.07 Å². The summed E-state index contributed by atoms with van der Waals surface area (Å²) in [6.45, 7) is 0.790. The summed E-state index contributed by atoms with van der Waals surface area (Å²) in [5, 5.41) is 12.0. The zero-order valence-corrected chi connectivity index (χ0v) is 16.8. The maximum Gasteiger partial charge on any atom is 0.255 e. The van der Waals surface area contributed by atoms with Gasteiger partial charge in [-0.05, 0) is 29.8 Å². The van der Waals surface area contributed by atoms with Crippen LogP contribution in [-0.4, -0.2) is 51.0 Å². The van der Waals surface area contributed by atoms with Gasteiger partial charge < -0.3 is 15.3 Å². The molecule has 0 spiro atoms. The Hall–Kier alpha value is -3.72. The average Bonchev–Trinajstić information content (AvgIpc) is 3.12. The zero-order valence-electron chi connectivity index (χ0n) is 16.8. The number of benzene rings is 2. The van der Waals surface area contributed by atoms with Crippen molar-refractivity contribution in [3.8, 4) is 11.4 Å². The Morgan fingerprint density at radius 1 is 1.06 bits per heavy atom. The molecule has 2 aliphatic rings. The van der Waals surface area contributed by atoms with Crippen molar-refractivity contribution in [1.82, 2.24) is 20.2 Å². The van der Waals surface area contributed by atoms with Crippen LogP contribution < -0.4 is 5.32 Å². The van der Waals surface area contributed by atoms with Crippen molar-refractivity contribution in [2.45, 2.75) is 19.1 Å². The average molecular weight is 436 g/mol. The van der Waals surface area contributed by atoms with Gasteiger partial charge in [-0.15, -0.1) is 0 Å². The predicted molar refractivity (Wildman–Crippen MR) is 110 cm³/mol. The molecule has 2 N–H and O–H groups in total. The van der Waals surface area contributed by atoms with Crippen LogP contribution >= 0.6 is 0 Å². The fourth-order valence-corrected chi connectivity index (χ4v) is 3.91. The summed E-state index contributed by atoms with van der Waals surface area (Å²) in [6.07, 6.45) is -0.254. The van der Waals surface area contributed by atoms with Crippen LogP contribution in [0.25, 0.3) is 11.4 Å². The van der Waals surface area contributed by atoms with Gasteiger partial charge in [-0.25, -0.2) is 18.7 Å². The monoisotopic (exact) mass is 436 g/mol. The molecule has 0 saturated carbocycles. The zero-order chi connectivity index (χ0) is 22.4. The molecule has 0 unspecified atom stereocenters. The number of rotatable bonds is 4. The van der Waals surface area contributed by atoms with Gasteiger partial charge in [0.1, 0.15) is 11.6 Å². The summed E-state index contributed by atoms with van der Waals surface area (Å²) in [4.78, 5) is 34.8. The molecule has 2 amide bonds. The minimum Gasteiger partial charge on any atom is -0.389 e. The van der Waals surface area contributed by atoms with E-state index < -0.39 is 17.7 Å². The van der Waals surface area contributed by atoms with Gasteiger partial charge in [0.2, 0.25) is 0 Å². The van der Waals surface area contributed by atoms with Crippen molar-refractivity contribution in [2.24, 2.45) is 0 Å². The molecule has 0 bridgehead atoms. The first-order valence-electron chi connectivity index (χ1n) is 10.1. The second-order valence-electron chi connectivity index (χ2n) is 7.83. The third kappa shape index (κ3) is 3.50. The maximum absolute atomic E-state index is 14.3. The molecule has 7 nitrogen and oxygen atoms in total. The molecule has 2 aromatic carbocycles. The standard InChI is InChI=1S/C23H18F2N4O3/c24-15-2-1-3-16(25)19(15)21-27-17(20-18(28-21)9-26-22(20)31)8-12-4-6-13(7-5-12)23(32)29-10-14(30)11-29/h1-7,14,30H,8-11H2,(H,26,31). The number of aromatic nitrogens is 2. The van der Waals surface area contributed by atoms with Crippen LogP contribution in [0.15, 0.2) is 42.5 Å². The van der Waals surface area contributed by atoms with Crippen LogP contribution in [0.3, 0.4) is 0 Å². The van der Waals surface area contributed by atoms with Gasteiger partial charge in [0.15, 0.2) is 5.82 Å². The summed E-state index contributed by atoms with van der Waals surface area (Å²) >= 11 is 0. The highest BCUT2D eigenvalue weighted by Crippen LogP contribution is 2.28. The highest BCUT2D eigenvalue weighted by molar-refractivity contribution is 5.99. The first-order valence-corrected chi connectivity index (χ1v) is 10.1. The SMILES string of the molecule is O=C1NCc2nc(-c3c(F)cccc3F)nc(Cc3ccc(C(=O)N4CC(O)C4)cc3)c21. The third-order valence-electron chi connectivity index (χ3n) is 5.61. The lowest BCUT2D eigenvalue weighted by atomic mass is 10.0. The molecule has 32 heavy (non-hydrogen) atoms. The van der Waals surface area contributed by atoms with E-state index in [0.717, 1.165) is 17.7 Å². The van der Waals surface area contributed by atoms with Crippen molar-refractivity contribution in [3.05, 3.63) is 82.2 Å². The Morgan fingerprint density at radius 2 is 1.75 bits per heavy atom. The van der Waals surface area contributed by atoms with Crippen molar-refractivity contribution in [3.63, 3.8) is 0 Å². The largest absolute Gasteiger partial charge is 0.389 e. The number of β-amino-alcohol motifs (C(OH)–C–C–N with tert-alkyl or cyclic N) is 1. The number of nitrogens with zero attached hydrogens (tertiary/aromatic N) is 3. The number of fused-ring (bicyclic) bond motifs is 1. The maximum atomic E-state index is 14.3. The lowest BCUT2D eigenvalue weighted by Crippen LogP contribution is -2.53. The van der Waals surface area contributed by atoms with Gasteiger partial charge in [0, 0.05) is 25.1 Å². The molecular formula is C23H18F2N4O3. The Balaban J connectivity index is 1.47. The molecule has 9 heteroatoms. The Labute approximate surface area is 181 Å². The number of likely N-dealkylation sites (tertiary alicyclic amines) is 1. The molecule has 5 rings (SSSR count). The number of carbonyl (C=O) groups is 2. The summed E-state index contributed by atoms with van der Waals surface area (Å²) in [6, 6.07) is 10.3. The lowest BCUT2D eigenvalue weighted by molar-refractivity contribution is 0.00589. The number of hydrogen-bond donors (Lipinski definition) is 2. The van der Waals surface area contributed by atoms with E-state index in [0.29, 0.717) is 35.6 Å². The summed E-state index contributed by atoms with van der Waals surface area (Å²) < 4.78 is 28.6. The highest BCUT2D eigenvalue weighted by atomic mass is 19.1. The van der Waals surface area contributed by atoms with E-state index >= 15 is 0 Å². The third-order valence-corrected chi connectivity index (χ3v) is 5.61. The fraction of sp³-hybridized carbons (Fsp3) is 0.217. The number of carbonyl (C=O) groups excluding carboxylic acids is 2. The smallest absolute Gasteiger partial charge is 0.255 e. The molecular weight excluding hydrogens is 418 g/mol. The number of nitrogens with one attached hydrogen (secondary N) is 1. The molecule has 3 heterocycles. The second-order valence-corrected chi connectivity index (χ2v) is 7.83. The molecule has 1 saturated heterocycles. The summed E-state index contributed by atoms with van der Waals surface area (Å²) in [5.74, 6) is -2.19. The molecule has 162 valence electrons. The molecule has 0 aliphatic carbocycles. The molecule has 0 radical (unpaired) electrons. The van der Waals surface area contributed by atoms with E-state index in [4.69, 9.17) is 0 Å². The molecule has 1 aromatic heterocycles. The number of halogens is 2. The second kappa shape index (κ2) is 7.76. The Morgan fingerprint density at radius 3 is 2.41 bits per heavy atom. The molecule has 0 atom stereocenters. The van der Waals surface area contributed by atoms with Crippen LogP contribution in [0, 0.1) is 11.6 Å². The van der Waals surface area contributed by atoms with E-state index in [2.05, 4.69) is 15.3 Å². The van der Waals surface area contributed by atoms with E-state index in [1.807, 2.05) is 0 Å². The van der Waals surface area contributed by atoms with Crippen LogP contribution in [0.2, 0.25) is 0 Å². The van der Waals surface area contributed by atoms with E-state index in [1.54, 1.807) is 29.2 Å². The molecule has 2 aliphatic heterocycles.